The number of nitrogens with one attached hydrogen (secondary N) is 2. The van der Waals surface area contributed by atoms with Crippen molar-refractivity contribution in [1.82, 2.24) is 15.0 Å². The highest BCUT2D eigenvalue weighted by molar-refractivity contribution is 5.44. The Morgan fingerprint density at radius 3 is 2.33 bits per heavy atom. The molecule has 2 N–H and O–H groups in total. The minimum atomic E-state index is 0.478. The molecule has 1 aliphatic rings. The molecular weight excluding hydrogens is 264 g/mol. The first kappa shape index (κ1) is 15.8. The molecule has 2 atom stereocenters. The Hall–Kier alpha value is -1.59. The van der Waals surface area contributed by atoms with Crippen molar-refractivity contribution in [2.45, 2.75) is 53.0 Å². The molecular formula is C15H28N6. The molecule has 6 heteroatoms. The van der Waals surface area contributed by atoms with Gasteiger partial charge in [-0.1, -0.05) is 13.3 Å². The van der Waals surface area contributed by atoms with E-state index in [1.807, 2.05) is 6.92 Å². The molecule has 0 radical (unpaired) electrons. The minimum absolute atomic E-state index is 0.478. The number of hydrogen-bond donors (Lipinski definition) is 2. The molecule has 1 aromatic rings. The summed E-state index contributed by atoms with van der Waals surface area (Å²) in [5, 5.41) is 6.70. The van der Waals surface area contributed by atoms with E-state index in [1.54, 1.807) is 0 Å². The maximum absolute atomic E-state index is 4.61. The molecule has 1 heterocycles. The van der Waals surface area contributed by atoms with Crippen molar-refractivity contribution in [2.24, 2.45) is 5.92 Å². The van der Waals surface area contributed by atoms with Gasteiger partial charge in [0.15, 0.2) is 0 Å². The highest BCUT2D eigenvalue weighted by Gasteiger charge is 2.24. The lowest BCUT2D eigenvalue weighted by Gasteiger charge is -2.22. The average Bonchev–Trinajstić information content (AvgIpc) is 2.86. The molecule has 118 valence electrons. The third kappa shape index (κ3) is 3.95. The Kier molecular flexibility index (Phi) is 5.59. The van der Waals surface area contributed by atoms with E-state index in [9.17, 15) is 0 Å². The fourth-order valence-corrected chi connectivity index (χ4v) is 2.84. The van der Waals surface area contributed by atoms with Gasteiger partial charge in [0.2, 0.25) is 17.8 Å². The predicted molar refractivity (Wildman–Crippen MR) is 88.0 cm³/mol. The van der Waals surface area contributed by atoms with E-state index < -0.39 is 0 Å². The van der Waals surface area contributed by atoms with Gasteiger partial charge in [-0.15, -0.1) is 0 Å². The van der Waals surface area contributed by atoms with Crippen molar-refractivity contribution in [3.05, 3.63) is 0 Å². The normalized spacial score (nSPS) is 21.3. The molecule has 6 nitrogen and oxygen atoms in total. The Labute approximate surface area is 127 Å². The van der Waals surface area contributed by atoms with Gasteiger partial charge in [0.1, 0.15) is 0 Å². The second-order valence-electron chi connectivity index (χ2n) is 5.64. The van der Waals surface area contributed by atoms with Crippen LogP contribution in [-0.4, -0.2) is 40.6 Å². The monoisotopic (exact) mass is 292 g/mol. The Morgan fingerprint density at radius 2 is 1.76 bits per heavy atom. The van der Waals surface area contributed by atoms with E-state index in [0.717, 1.165) is 25.6 Å². The number of anilines is 3. The van der Waals surface area contributed by atoms with Crippen LogP contribution >= 0.6 is 0 Å². The molecule has 0 spiro atoms. The summed E-state index contributed by atoms with van der Waals surface area (Å²) in [7, 11) is 0. The fraction of sp³-hybridized carbons (Fsp3) is 0.800. The van der Waals surface area contributed by atoms with Crippen LogP contribution in [0.5, 0.6) is 0 Å². The van der Waals surface area contributed by atoms with Crippen LogP contribution in [0.15, 0.2) is 0 Å². The van der Waals surface area contributed by atoms with E-state index in [2.05, 4.69) is 51.3 Å². The first-order valence-electron chi connectivity index (χ1n) is 8.19. The lowest BCUT2D eigenvalue weighted by Crippen LogP contribution is -2.27. The van der Waals surface area contributed by atoms with Crippen LogP contribution in [0.1, 0.15) is 47.0 Å². The summed E-state index contributed by atoms with van der Waals surface area (Å²) in [6.07, 6.45) is 3.77. The van der Waals surface area contributed by atoms with E-state index >= 15 is 0 Å². The maximum Gasteiger partial charge on any atom is 0.231 e. The standard InChI is InChI=1S/C15H28N6/c1-5-16-13-18-14(17-12-10-8-9-11(12)4)20-15(19-13)21(6-2)7-3/h11-12H,5-10H2,1-4H3,(H2,16,17,18,19,20). The zero-order valence-electron chi connectivity index (χ0n) is 13.7. The van der Waals surface area contributed by atoms with Crippen molar-refractivity contribution in [1.29, 1.82) is 0 Å². The quantitative estimate of drug-likeness (QED) is 0.805. The zero-order valence-corrected chi connectivity index (χ0v) is 13.7. The molecule has 2 unspecified atom stereocenters. The minimum Gasteiger partial charge on any atom is -0.354 e. The zero-order chi connectivity index (χ0) is 15.2. The smallest absolute Gasteiger partial charge is 0.231 e. The highest BCUT2D eigenvalue weighted by Crippen LogP contribution is 2.27. The largest absolute Gasteiger partial charge is 0.354 e. The van der Waals surface area contributed by atoms with Crippen LogP contribution in [0, 0.1) is 5.92 Å². The van der Waals surface area contributed by atoms with E-state index in [-0.39, 0.29) is 0 Å². The molecule has 1 aromatic heterocycles. The summed E-state index contributed by atoms with van der Waals surface area (Å²) < 4.78 is 0. The van der Waals surface area contributed by atoms with Crippen molar-refractivity contribution >= 4 is 17.8 Å². The third-order valence-corrected chi connectivity index (χ3v) is 4.18. The van der Waals surface area contributed by atoms with Gasteiger partial charge in [-0.25, -0.2) is 0 Å². The lowest BCUT2D eigenvalue weighted by molar-refractivity contribution is 0.552. The number of hydrogen-bond acceptors (Lipinski definition) is 6. The summed E-state index contributed by atoms with van der Waals surface area (Å²) in [5.41, 5.74) is 0. The summed E-state index contributed by atoms with van der Waals surface area (Å²) in [6.45, 7) is 11.2. The van der Waals surface area contributed by atoms with Crippen LogP contribution in [0.4, 0.5) is 17.8 Å². The molecule has 0 aliphatic heterocycles. The molecule has 2 rings (SSSR count). The van der Waals surface area contributed by atoms with Gasteiger partial charge >= 0.3 is 0 Å². The Morgan fingerprint density at radius 1 is 1.05 bits per heavy atom. The SMILES string of the molecule is CCNc1nc(NC2CCCC2C)nc(N(CC)CC)n1. The van der Waals surface area contributed by atoms with Gasteiger partial charge in [-0.3, -0.25) is 0 Å². The molecule has 0 bridgehead atoms. The summed E-state index contributed by atoms with van der Waals surface area (Å²) in [5.74, 6) is 2.78. The number of nitrogens with zero attached hydrogens (tertiary/aromatic N) is 4. The van der Waals surface area contributed by atoms with Crippen LogP contribution in [-0.2, 0) is 0 Å². The molecule has 21 heavy (non-hydrogen) atoms. The van der Waals surface area contributed by atoms with E-state index in [0.29, 0.717) is 23.9 Å². The second kappa shape index (κ2) is 7.43. The molecule has 1 fully saturated rings. The van der Waals surface area contributed by atoms with E-state index in [1.165, 1.54) is 19.3 Å². The van der Waals surface area contributed by atoms with Crippen LogP contribution in [0.2, 0.25) is 0 Å². The highest BCUT2D eigenvalue weighted by atomic mass is 15.3. The van der Waals surface area contributed by atoms with Gasteiger partial charge in [-0.05, 0) is 39.5 Å². The summed E-state index contributed by atoms with van der Waals surface area (Å²) in [6, 6.07) is 0.478. The van der Waals surface area contributed by atoms with Gasteiger partial charge in [0.05, 0.1) is 0 Å². The summed E-state index contributed by atoms with van der Waals surface area (Å²) >= 11 is 0. The molecule has 0 aromatic carbocycles. The van der Waals surface area contributed by atoms with Gasteiger partial charge in [-0.2, -0.15) is 15.0 Å². The van der Waals surface area contributed by atoms with Crippen LogP contribution in [0.25, 0.3) is 0 Å². The van der Waals surface area contributed by atoms with E-state index in [4.69, 9.17) is 0 Å². The molecule has 0 saturated heterocycles. The van der Waals surface area contributed by atoms with Crippen molar-refractivity contribution in [3.63, 3.8) is 0 Å². The number of aromatic nitrogens is 3. The lowest BCUT2D eigenvalue weighted by atomic mass is 10.1. The first-order valence-corrected chi connectivity index (χ1v) is 8.19. The van der Waals surface area contributed by atoms with Crippen molar-refractivity contribution < 1.29 is 0 Å². The third-order valence-electron chi connectivity index (χ3n) is 4.18. The predicted octanol–water partition coefficient (Wildman–Crippen LogP) is 2.75. The van der Waals surface area contributed by atoms with Crippen LogP contribution < -0.4 is 15.5 Å². The van der Waals surface area contributed by atoms with Gasteiger partial charge < -0.3 is 15.5 Å². The van der Waals surface area contributed by atoms with Gasteiger partial charge in [0.25, 0.3) is 0 Å². The Bertz CT molecular complexity index is 446. The van der Waals surface area contributed by atoms with Crippen molar-refractivity contribution in [2.75, 3.05) is 35.2 Å². The maximum atomic E-state index is 4.61. The topological polar surface area (TPSA) is 66.0 Å². The molecule has 1 aliphatic carbocycles. The number of rotatable bonds is 7. The Balaban J connectivity index is 2.22. The van der Waals surface area contributed by atoms with Crippen molar-refractivity contribution in [3.8, 4) is 0 Å². The fourth-order valence-electron chi connectivity index (χ4n) is 2.84. The molecule has 0 amide bonds. The average molecular weight is 292 g/mol. The first-order chi connectivity index (χ1) is 10.2. The van der Waals surface area contributed by atoms with Crippen LogP contribution in [0.3, 0.4) is 0 Å². The molecule has 1 saturated carbocycles. The summed E-state index contributed by atoms with van der Waals surface area (Å²) in [4.78, 5) is 15.8. The second-order valence-corrected chi connectivity index (χ2v) is 5.64. The van der Waals surface area contributed by atoms with Gasteiger partial charge in [0, 0.05) is 25.7 Å².